The van der Waals surface area contributed by atoms with E-state index in [1.54, 1.807) is 17.5 Å². The Morgan fingerprint density at radius 1 is 1.35 bits per heavy atom. The van der Waals surface area contributed by atoms with Crippen LogP contribution in [0.1, 0.15) is 17.7 Å². The van der Waals surface area contributed by atoms with Crippen LogP contribution in [-0.4, -0.2) is 59.7 Å². The van der Waals surface area contributed by atoms with Crippen molar-refractivity contribution in [1.29, 1.82) is 0 Å². The summed E-state index contributed by atoms with van der Waals surface area (Å²) in [5.74, 6) is 1.08. The van der Waals surface area contributed by atoms with Crippen LogP contribution in [0.4, 0.5) is 5.82 Å². The maximum absolute atomic E-state index is 12.5. The van der Waals surface area contributed by atoms with Crippen molar-refractivity contribution in [1.82, 2.24) is 14.7 Å². The summed E-state index contributed by atoms with van der Waals surface area (Å²) < 4.78 is 13.1. The largest absolute Gasteiger partial charge is 0.350 e. The van der Waals surface area contributed by atoms with Gasteiger partial charge in [-0.25, -0.2) is 4.68 Å². The van der Waals surface area contributed by atoms with Gasteiger partial charge in [0.25, 0.3) is 0 Å². The van der Waals surface area contributed by atoms with Gasteiger partial charge in [0.15, 0.2) is 6.29 Å². The van der Waals surface area contributed by atoms with Crippen LogP contribution in [0.3, 0.4) is 0 Å². The molecule has 4 rings (SSSR count). The number of amides is 1. The number of carbonyl (C=O) groups excluding carboxylic acids is 1. The van der Waals surface area contributed by atoms with E-state index in [0.29, 0.717) is 32.2 Å². The van der Waals surface area contributed by atoms with Crippen molar-refractivity contribution in [2.45, 2.75) is 25.7 Å². The van der Waals surface area contributed by atoms with Crippen LogP contribution in [0.15, 0.2) is 29.8 Å². The van der Waals surface area contributed by atoms with E-state index < -0.39 is 0 Å². The molecule has 2 aromatic heterocycles. The highest BCUT2D eigenvalue weighted by Crippen LogP contribution is 2.24. The lowest BCUT2D eigenvalue weighted by atomic mass is 9.97. The van der Waals surface area contributed by atoms with Gasteiger partial charge in [-0.2, -0.15) is 5.10 Å². The molecule has 0 saturated carbocycles. The molecule has 2 fully saturated rings. The summed E-state index contributed by atoms with van der Waals surface area (Å²) in [5, 5.41) is 9.36. The van der Waals surface area contributed by atoms with Crippen LogP contribution in [0.2, 0.25) is 0 Å². The number of likely N-dealkylation sites (tertiary alicyclic amines) is 1. The zero-order valence-corrected chi connectivity index (χ0v) is 15.5. The summed E-state index contributed by atoms with van der Waals surface area (Å²) in [4.78, 5) is 15.9. The topological polar surface area (TPSA) is 68.6 Å². The molecule has 0 aliphatic carbocycles. The molecule has 8 heteroatoms. The molecular weight excluding hydrogens is 352 g/mol. The first kappa shape index (κ1) is 17.7. The SMILES string of the molecule is O=C(CN1CCCC(C2OCCO2)C1)Nc1ccnn1Cc1cccs1. The molecule has 0 aromatic carbocycles. The summed E-state index contributed by atoms with van der Waals surface area (Å²) >= 11 is 1.68. The lowest BCUT2D eigenvalue weighted by molar-refractivity contribution is -0.121. The molecule has 2 aromatic rings. The second-order valence-electron chi connectivity index (χ2n) is 6.75. The minimum atomic E-state index is -0.104. The molecule has 140 valence electrons. The summed E-state index contributed by atoms with van der Waals surface area (Å²) in [7, 11) is 0. The highest BCUT2D eigenvalue weighted by molar-refractivity contribution is 7.09. The first-order chi connectivity index (χ1) is 12.8. The predicted molar refractivity (Wildman–Crippen MR) is 99.1 cm³/mol. The van der Waals surface area contributed by atoms with Crippen LogP contribution in [-0.2, 0) is 20.8 Å². The Hall–Kier alpha value is -1.74. The number of piperidine rings is 1. The molecule has 0 radical (unpaired) electrons. The molecule has 0 spiro atoms. The number of nitrogens with zero attached hydrogens (tertiary/aromatic N) is 3. The monoisotopic (exact) mass is 376 g/mol. The lowest BCUT2D eigenvalue weighted by Gasteiger charge is -2.34. The molecule has 2 saturated heterocycles. The Balaban J connectivity index is 1.30. The Bertz CT molecular complexity index is 712. The normalized spacial score (nSPS) is 21.9. The zero-order valence-electron chi connectivity index (χ0n) is 14.7. The van der Waals surface area contributed by atoms with Gasteiger partial charge in [-0.3, -0.25) is 9.69 Å². The highest BCUT2D eigenvalue weighted by Gasteiger charge is 2.31. The third-order valence-corrected chi connectivity index (χ3v) is 5.67. The Morgan fingerprint density at radius 2 is 2.23 bits per heavy atom. The maximum Gasteiger partial charge on any atom is 0.239 e. The number of aromatic nitrogens is 2. The van der Waals surface area contributed by atoms with Gasteiger partial charge in [0.05, 0.1) is 32.5 Å². The van der Waals surface area contributed by atoms with Gasteiger partial charge in [0.1, 0.15) is 5.82 Å². The molecule has 0 bridgehead atoms. The molecule has 2 aliphatic rings. The molecule has 7 nitrogen and oxygen atoms in total. The van der Waals surface area contributed by atoms with Crippen molar-refractivity contribution in [2.75, 3.05) is 38.2 Å². The van der Waals surface area contributed by atoms with Crippen LogP contribution in [0, 0.1) is 5.92 Å². The minimum absolute atomic E-state index is 0.00756. The average molecular weight is 376 g/mol. The van der Waals surface area contributed by atoms with E-state index in [1.165, 1.54) is 4.88 Å². The van der Waals surface area contributed by atoms with Gasteiger partial charge in [-0.05, 0) is 30.8 Å². The summed E-state index contributed by atoms with van der Waals surface area (Å²) in [6.45, 7) is 4.18. The van der Waals surface area contributed by atoms with Gasteiger partial charge in [-0.1, -0.05) is 6.07 Å². The number of hydrogen-bond donors (Lipinski definition) is 1. The van der Waals surface area contributed by atoms with Gasteiger partial charge >= 0.3 is 0 Å². The third-order valence-electron chi connectivity index (χ3n) is 4.81. The number of rotatable bonds is 6. The standard InChI is InChI=1S/C18H24N4O3S/c23-17(13-21-7-1-3-14(11-21)18-24-8-9-25-18)20-16-5-6-19-22(16)12-15-4-2-10-26-15/h2,4-6,10,14,18H,1,3,7-9,11-13H2,(H,20,23). The number of carbonyl (C=O) groups is 1. The summed E-state index contributed by atoms with van der Waals surface area (Å²) in [6.07, 6.45) is 3.77. The first-order valence-electron chi connectivity index (χ1n) is 9.07. The molecule has 1 unspecified atom stereocenters. The Labute approximate surface area is 156 Å². The second-order valence-corrected chi connectivity index (χ2v) is 7.78. The Kier molecular flexibility index (Phi) is 5.64. The van der Waals surface area contributed by atoms with Crippen LogP contribution >= 0.6 is 11.3 Å². The average Bonchev–Trinajstić information content (AvgIpc) is 3.39. The summed E-state index contributed by atoms with van der Waals surface area (Å²) in [5.41, 5.74) is 0. The number of ether oxygens (including phenoxy) is 2. The van der Waals surface area contributed by atoms with E-state index >= 15 is 0 Å². The van der Waals surface area contributed by atoms with Gasteiger partial charge in [0, 0.05) is 23.4 Å². The maximum atomic E-state index is 12.5. The van der Waals surface area contributed by atoms with Crippen LogP contribution in [0.5, 0.6) is 0 Å². The van der Waals surface area contributed by atoms with E-state index in [2.05, 4.69) is 21.4 Å². The van der Waals surface area contributed by atoms with E-state index in [9.17, 15) is 4.79 Å². The van der Waals surface area contributed by atoms with Gasteiger partial charge < -0.3 is 14.8 Å². The third kappa shape index (κ3) is 4.32. The van der Waals surface area contributed by atoms with Crippen molar-refractivity contribution in [3.63, 3.8) is 0 Å². The lowest BCUT2D eigenvalue weighted by Crippen LogP contribution is -2.44. The molecule has 1 atom stereocenters. The molecule has 1 N–H and O–H groups in total. The fourth-order valence-electron chi connectivity index (χ4n) is 3.61. The van der Waals surface area contributed by atoms with E-state index in [0.717, 1.165) is 31.7 Å². The minimum Gasteiger partial charge on any atom is -0.350 e. The van der Waals surface area contributed by atoms with Crippen molar-refractivity contribution in [3.8, 4) is 0 Å². The second kappa shape index (κ2) is 8.30. The van der Waals surface area contributed by atoms with E-state index in [-0.39, 0.29) is 12.2 Å². The number of nitrogens with one attached hydrogen (secondary N) is 1. The number of hydrogen-bond acceptors (Lipinski definition) is 6. The number of anilines is 1. The van der Waals surface area contributed by atoms with Crippen molar-refractivity contribution < 1.29 is 14.3 Å². The van der Waals surface area contributed by atoms with Gasteiger partial charge in [-0.15, -0.1) is 11.3 Å². The molecule has 4 heterocycles. The first-order valence-corrected chi connectivity index (χ1v) is 9.95. The van der Waals surface area contributed by atoms with Crippen molar-refractivity contribution in [3.05, 3.63) is 34.7 Å². The molecular formula is C18H24N4O3S. The zero-order chi connectivity index (χ0) is 17.8. The van der Waals surface area contributed by atoms with E-state index in [1.807, 2.05) is 22.2 Å². The molecule has 26 heavy (non-hydrogen) atoms. The predicted octanol–water partition coefficient (Wildman–Crippen LogP) is 2.02. The van der Waals surface area contributed by atoms with Crippen molar-refractivity contribution >= 4 is 23.1 Å². The Morgan fingerprint density at radius 3 is 3.04 bits per heavy atom. The quantitative estimate of drug-likeness (QED) is 0.835. The fourth-order valence-corrected chi connectivity index (χ4v) is 4.29. The number of thiophene rings is 1. The fraction of sp³-hybridized carbons (Fsp3) is 0.556. The van der Waals surface area contributed by atoms with Gasteiger partial charge in [0.2, 0.25) is 5.91 Å². The van der Waals surface area contributed by atoms with E-state index in [4.69, 9.17) is 9.47 Å². The molecule has 2 aliphatic heterocycles. The summed E-state index contributed by atoms with van der Waals surface area (Å²) in [6, 6.07) is 5.93. The molecule has 1 amide bonds. The van der Waals surface area contributed by atoms with Crippen molar-refractivity contribution in [2.24, 2.45) is 5.92 Å². The van der Waals surface area contributed by atoms with Crippen LogP contribution in [0.25, 0.3) is 0 Å². The van der Waals surface area contributed by atoms with Crippen LogP contribution < -0.4 is 5.32 Å². The highest BCUT2D eigenvalue weighted by atomic mass is 32.1. The smallest absolute Gasteiger partial charge is 0.239 e.